The SMILES string of the molecule is CCOC[C@]1(O)C[C@@]23C(=C1C(=O)[O-])C[C@@H](CC[C@H]2C)[C@]31CCC[NH+](C(N)=NC)C1. The van der Waals surface area contributed by atoms with Crippen molar-refractivity contribution in [2.45, 2.75) is 58.0 Å². The number of ether oxygens (including phenoxy) is 1. The number of carboxylic acids is 1. The van der Waals surface area contributed by atoms with Gasteiger partial charge in [0.05, 0.1) is 25.7 Å². The van der Waals surface area contributed by atoms with Crippen molar-refractivity contribution in [3.8, 4) is 0 Å². The summed E-state index contributed by atoms with van der Waals surface area (Å²) < 4.78 is 5.57. The molecule has 2 bridgehead atoms. The number of hydrogen-bond acceptors (Lipinski definition) is 5. The van der Waals surface area contributed by atoms with Gasteiger partial charge < -0.3 is 25.5 Å². The minimum Gasteiger partial charge on any atom is -0.545 e. The van der Waals surface area contributed by atoms with Gasteiger partial charge in [0.25, 0.3) is 5.96 Å². The van der Waals surface area contributed by atoms with Crippen LogP contribution in [0.5, 0.6) is 0 Å². The van der Waals surface area contributed by atoms with Crippen molar-refractivity contribution < 1.29 is 24.6 Å². The number of quaternary nitrogens is 1. The Balaban J connectivity index is 1.86. The summed E-state index contributed by atoms with van der Waals surface area (Å²) in [6.45, 7) is 6.38. The van der Waals surface area contributed by atoms with Crippen LogP contribution >= 0.6 is 0 Å². The fraction of sp³-hybridized carbons (Fsp3) is 0.818. The normalized spacial score (nSPS) is 44.4. The number of aliphatic hydroxyl groups is 1. The summed E-state index contributed by atoms with van der Waals surface area (Å²) in [5, 5.41) is 23.8. The summed E-state index contributed by atoms with van der Waals surface area (Å²) >= 11 is 0. The number of hydrogen-bond donors (Lipinski definition) is 3. The molecular formula is C22H35N3O4. The molecule has 2 saturated carbocycles. The van der Waals surface area contributed by atoms with Crippen LogP contribution in [0.15, 0.2) is 16.1 Å². The van der Waals surface area contributed by atoms with Gasteiger partial charge in [0.15, 0.2) is 0 Å². The maximum Gasteiger partial charge on any atom is 0.293 e. The van der Waals surface area contributed by atoms with E-state index in [9.17, 15) is 15.0 Å². The van der Waals surface area contributed by atoms with E-state index >= 15 is 0 Å². The monoisotopic (exact) mass is 405 g/mol. The molecule has 0 radical (unpaired) electrons. The Kier molecular flexibility index (Phi) is 5.07. The molecule has 162 valence electrons. The molecule has 6 atom stereocenters. The van der Waals surface area contributed by atoms with Crippen LogP contribution in [0.3, 0.4) is 0 Å². The molecule has 4 N–H and O–H groups in total. The van der Waals surface area contributed by atoms with E-state index in [1.54, 1.807) is 7.05 Å². The van der Waals surface area contributed by atoms with Gasteiger partial charge in [0, 0.05) is 30.1 Å². The Bertz CT molecular complexity index is 765. The number of carbonyl (C=O) groups is 1. The van der Waals surface area contributed by atoms with Crippen LogP contribution in [-0.4, -0.2) is 56.0 Å². The van der Waals surface area contributed by atoms with Crippen molar-refractivity contribution in [2.75, 3.05) is 33.4 Å². The first-order valence-corrected chi connectivity index (χ1v) is 11.1. The third kappa shape index (κ3) is 2.66. The predicted molar refractivity (Wildman–Crippen MR) is 107 cm³/mol. The molecule has 1 saturated heterocycles. The van der Waals surface area contributed by atoms with Gasteiger partial charge in [0.2, 0.25) is 0 Å². The summed E-state index contributed by atoms with van der Waals surface area (Å²) in [5.74, 6) is 0.134. The molecule has 3 fully saturated rings. The van der Waals surface area contributed by atoms with E-state index < -0.39 is 11.6 Å². The molecule has 1 heterocycles. The quantitative estimate of drug-likeness (QED) is 0.421. The van der Waals surface area contributed by atoms with Gasteiger partial charge in [-0.15, -0.1) is 0 Å². The Labute approximate surface area is 173 Å². The number of aliphatic imine (C=N–C) groups is 1. The smallest absolute Gasteiger partial charge is 0.293 e. The average molecular weight is 406 g/mol. The number of guanidine groups is 1. The van der Waals surface area contributed by atoms with Crippen LogP contribution in [-0.2, 0) is 9.53 Å². The number of nitrogens with two attached hydrogens (primary N) is 1. The fourth-order valence-electron chi connectivity index (χ4n) is 7.75. The fourth-order valence-corrected chi connectivity index (χ4v) is 7.75. The van der Waals surface area contributed by atoms with Gasteiger partial charge in [-0.2, -0.15) is 0 Å². The van der Waals surface area contributed by atoms with E-state index in [-0.39, 0.29) is 23.0 Å². The van der Waals surface area contributed by atoms with Crippen LogP contribution in [0.2, 0.25) is 0 Å². The number of carboxylic acid groups (broad SMARTS) is 1. The third-order valence-corrected chi connectivity index (χ3v) is 8.77. The van der Waals surface area contributed by atoms with Crippen LogP contribution in [0.1, 0.15) is 52.4 Å². The van der Waals surface area contributed by atoms with E-state index in [0.29, 0.717) is 30.8 Å². The maximum atomic E-state index is 12.3. The zero-order chi connectivity index (χ0) is 21.0. The highest BCUT2D eigenvalue weighted by molar-refractivity contribution is 5.90. The van der Waals surface area contributed by atoms with E-state index in [4.69, 9.17) is 10.5 Å². The molecule has 2 spiro atoms. The second kappa shape index (κ2) is 7.06. The number of aliphatic carboxylic acids is 1. The van der Waals surface area contributed by atoms with Crippen molar-refractivity contribution in [1.29, 1.82) is 0 Å². The van der Waals surface area contributed by atoms with E-state index in [0.717, 1.165) is 50.8 Å². The highest BCUT2D eigenvalue weighted by Crippen LogP contribution is 2.75. The molecule has 7 nitrogen and oxygen atoms in total. The maximum absolute atomic E-state index is 12.3. The zero-order valence-electron chi connectivity index (χ0n) is 17.9. The highest BCUT2D eigenvalue weighted by atomic mass is 16.5. The molecular weight excluding hydrogens is 370 g/mol. The summed E-state index contributed by atoms with van der Waals surface area (Å²) in [7, 11) is 1.73. The lowest BCUT2D eigenvalue weighted by Gasteiger charge is -2.57. The molecule has 0 aromatic rings. The van der Waals surface area contributed by atoms with Crippen molar-refractivity contribution in [3.05, 3.63) is 11.1 Å². The third-order valence-electron chi connectivity index (χ3n) is 8.77. The predicted octanol–water partition coefficient (Wildman–Crippen LogP) is -0.750. The molecule has 3 aliphatic carbocycles. The summed E-state index contributed by atoms with van der Waals surface area (Å²) in [5.41, 5.74) is 5.45. The lowest BCUT2D eigenvalue weighted by molar-refractivity contribution is -0.826. The second-order valence-corrected chi connectivity index (χ2v) is 9.74. The van der Waals surface area contributed by atoms with Crippen molar-refractivity contribution >= 4 is 11.9 Å². The van der Waals surface area contributed by atoms with Crippen LogP contribution in [0.25, 0.3) is 0 Å². The number of carbonyl (C=O) groups excluding carboxylic acids is 1. The second-order valence-electron chi connectivity index (χ2n) is 9.74. The molecule has 7 heteroatoms. The van der Waals surface area contributed by atoms with Crippen molar-refractivity contribution in [3.63, 3.8) is 0 Å². The number of piperidine rings is 1. The summed E-state index contributed by atoms with van der Waals surface area (Å²) in [4.78, 5) is 17.7. The standard InChI is InChI=1S/C22H35N3O4/c1-4-29-13-21(28)11-22-14(2)6-7-15(10-16(22)17(21)18(26)27)20(22)8-5-9-25(12-20)19(23)24-3/h14-15,28H,4-13H2,1-3H3,(H2,23,24)(H,26,27)/t14-,15-,20-,21-,22+/m1/s1. The molecule has 4 aliphatic rings. The molecule has 0 amide bonds. The van der Waals surface area contributed by atoms with Gasteiger partial charge in [-0.3, -0.25) is 4.90 Å². The molecule has 1 aliphatic heterocycles. The van der Waals surface area contributed by atoms with Gasteiger partial charge in [0.1, 0.15) is 5.60 Å². The van der Waals surface area contributed by atoms with E-state index in [1.165, 1.54) is 4.90 Å². The molecule has 0 aromatic heterocycles. The lowest BCUT2D eigenvalue weighted by Crippen LogP contribution is -3.18. The van der Waals surface area contributed by atoms with E-state index in [2.05, 4.69) is 11.9 Å². The van der Waals surface area contributed by atoms with Crippen LogP contribution in [0, 0.1) is 22.7 Å². The number of allylic oxidation sites excluding steroid dienone is 1. The molecule has 1 unspecified atom stereocenters. The van der Waals surface area contributed by atoms with Gasteiger partial charge >= 0.3 is 0 Å². The summed E-state index contributed by atoms with van der Waals surface area (Å²) in [6.07, 6.45) is 5.43. The van der Waals surface area contributed by atoms with E-state index in [1.807, 2.05) is 6.92 Å². The first kappa shape index (κ1) is 20.8. The Hall–Kier alpha value is -1.44. The number of rotatable bonds is 4. The van der Waals surface area contributed by atoms with Crippen molar-refractivity contribution in [1.82, 2.24) is 0 Å². The molecule has 29 heavy (non-hydrogen) atoms. The zero-order valence-corrected chi connectivity index (χ0v) is 17.9. The first-order chi connectivity index (χ1) is 13.8. The van der Waals surface area contributed by atoms with Crippen LogP contribution in [0.4, 0.5) is 0 Å². The Morgan fingerprint density at radius 1 is 1.45 bits per heavy atom. The van der Waals surface area contributed by atoms with Crippen molar-refractivity contribution in [2.24, 2.45) is 33.4 Å². The molecule has 4 rings (SSSR count). The number of nitrogens with one attached hydrogen (secondary N) is 1. The topological polar surface area (TPSA) is 112 Å². The number of nitrogens with zero attached hydrogens (tertiary/aromatic N) is 1. The average Bonchev–Trinajstić information content (AvgIpc) is 3.03. The minimum atomic E-state index is -1.48. The molecule has 0 aromatic carbocycles. The summed E-state index contributed by atoms with van der Waals surface area (Å²) in [6, 6.07) is 0. The largest absolute Gasteiger partial charge is 0.545 e. The van der Waals surface area contributed by atoms with Crippen LogP contribution < -0.4 is 15.7 Å². The van der Waals surface area contributed by atoms with Gasteiger partial charge in [-0.05, 0) is 57.3 Å². The minimum absolute atomic E-state index is 0.0145. The van der Waals surface area contributed by atoms with Gasteiger partial charge in [-0.25, -0.2) is 4.99 Å². The number of likely N-dealkylation sites (tertiary alicyclic amines) is 1. The Morgan fingerprint density at radius 3 is 2.86 bits per heavy atom. The Morgan fingerprint density at radius 2 is 2.21 bits per heavy atom. The van der Waals surface area contributed by atoms with Gasteiger partial charge in [-0.1, -0.05) is 12.5 Å². The highest BCUT2D eigenvalue weighted by Gasteiger charge is 2.73. The first-order valence-electron chi connectivity index (χ1n) is 11.1. The lowest BCUT2D eigenvalue weighted by atomic mass is 9.48.